The van der Waals surface area contributed by atoms with Crippen molar-refractivity contribution in [1.29, 1.82) is 0 Å². The highest BCUT2D eigenvalue weighted by Gasteiger charge is 2.16. The van der Waals surface area contributed by atoms with Crippen molar-refractivity contribution in [3.8, 4) is 0 Å². The van der Waals surface area contributed by atoms with E-state index in [-0.39, 0.29) is 6.10 Å². The largest absolute Gasteiger partial charge is 0.389 e. The molecule has 2 rings (SSSR count). The summed E-state index contributed by atoms with van der Waals surface area (Å²) in [5.41, 5.74) is 1.14. The molecule has 0 aromatic carbocycles. The first kappa shape index (κ1) is 15.4. The SMILES string of the molecule is CN(Cc1cccnc1)CC(O)COCC1CCCO1. The number of aliphatic hydroxyl groups excluding tert-OH is 1. The lowest BCUT2D eigenvalue weighted by Gasteiger charge is -2.21. The molecule has 0 amide bonds. The van der Waals surface area contributed by atoms with Crippen molar-refractivity contribution in [2.75, 3.05) is 33.4 Å². The van der Waals surface area contributed by atoms with E-state index in [1.165, 1.54) is 0 Å². The van der Waals surface area contributed by atoms with Crippen molar-refractivity contribution < 1.29 is 14.6 Å². The highest BCUT2D eigenvalue weighted by atomic mass is 16.5. The number of aliphatic hydroxyl groups is 1. The maximum absolute atomic E-state index is 9.95. The van der Waals surface area contributed by atoms with Gasteiger partial charge >= 0.3 is 0 Å². The van der Waals surface area contributed by atoms with Crippen LogP contribution in [0.5, 0.6) is 0 Å². The lowest BCUT2D eigenvalue weighted by Crippen LogP contribution is -2.32. The summed E-state index contributed by atoms with van der Waals surface area (Å²) in [5.74, 6) is 0. The number of aromatic nitrogens is 1. The average Bonchev–Trinajstić information content (AvgIpc) is 2.93. The molecule has 0 bridgehead atoms. The van der Waals surface area contributed by atoms with Gasteiger partial charge < -0.3 is 14.6 Å². The van der Waals surface area contributed by atoms with E-state index in [0.717, 1.165) is 31.6 Å². The van der Waals surface area contributed by atoms with Gasteiger partial charge in [-0.3, -0.25) is 9.88 Å². The Morgan fingerprint density at radius 3 is 3.20 bits per heavy atom. The first-order valence-electron chi connectivity index (χ1n) is 7.19. The van der Waals surface area contributed by atoms with Crippen molar-refractivity contribution in [2.24, 2.45) is 0 Å². The molecule has 112 valence electrons. The van der Waals surface area contributed by atoms with Crippen molar-refractivity contribution in [2.45, 2.75) is 31.6 Å². The summed E-state index contributed by atoms with van der Waals surface area (Å²) in [4.78, 5) is 6.15. The van der Waals surface area contributed by atoms with E-state index >= 15 is 0 Å². The lowest BCUT2D eigenvalue weighted by atomic mass is 10.2. The molecular formula is C15H24N2O3. The van der Waals surface area contributed by atoms with Gasteiger partial charge in [0.1, 0.15) is 0 Å². The minimum absolute atomic E-state index is 0.218. The molecule has 1 aromatic rings. The summed E-state index contributed by atoms with van der Waals surface area (Å²) in [6.07, 6.45) is 5.53. The van der Waals surface area contributed by atoms with Crippen LogP contribution in [-0.4, -0.2) is 60.6 Å². The van der Waals surface area contributed by atoms with Crippen molar-refractivity contribution >= 4 is 0 Å². The number of hydrogen-bond acceptors (Lipinski definition) is 5. The summed E-state index contributed by atoms with van der Waals surface area (Å²) in [6.45, 7) is 3.14. The quantitative estimate of drug-likeness (QED) is 0.772. The van der Waals surface area contributed by atoms with E-state index in [0.29, 0.717) is 19.8 Å². The molecule has 1 aliphatic rings. The van der Waals surface area contributed by atoms with E-state index in [2.05, 4.69) is 9.88 Å². The predicted molar refractivity (Wildman–Crippen MR) is 76.4 cm³/mol. The third-order valence-electron chi connectivity index (χ3n) is 3.34. The van der Waals surface area contributed by atoms with E-state index in [1.54, 1.807) is 6.20 Å². The number of ether oxygens (including phenoxy) is 2. The molecule has 0 aliphatic carbocycles. The molecule has 1 saturated heterocycles. The monoisotopic (exact) mass is 280 g/mol. The van der Waals surface area contributed by atoms with Gasteiger partial charge in [-0.05, 0) is 31.5 Å². The summed E-state index contributed by atoms with van der Waals surface area (Å²) in [6, 6.07) is 3.95. The van der Waals surface area contributed by atoms with Gasteiger partial charge in [0.2, 0.25) is 0 Å². The maximum atomic E-state index is 9.95. The van der Waals surface area contributed by atoms with Crippen LogP contribution in [-0.2, 0) is 16.0 Å². The minimum Gasteiger partial charge on any atom is -0.389 e. The Morgan fingerprint density at radius 2 is 2.50 bits per heavy atom. The average molecular weight is 280 g/mol. The molecule has 5 heteroatoms. The third-order valence-corrected chi connectivity index (χ3v) is 3.34. The van der Waals surface area contributed by atoms with Gasteiger partial charge in [0.15, 0.2) is 0 Å². The molecule has 1 fully saturated rings. The Labute approximate surface area is 120 Å². The van der Waals surface area contributed by atoms with Crippen LogP contribution in [0.15, 0.2) is 24.5 Å². The minimum atomic E-state index is -0.474. The molecule has 2 atom stereocenters. The van der Waals surface area contributed by atoms with Crippen molar-refractivity contribution in [3.05, 3.63) is 30.1 Å². The van der Waals surface area contributed by atoms with Crippen LogP contribution in [0, 0.1) is 0 Å². The van der Waals surface area contributed by atoms with Crippen LogP contribution in [0.25, 0.3) is 0 Å². The van der Waals surface area contributed by atoms with Crippen LogP contribution < -0.4 is 0 Å². The Morgan fingerprint density at radius 1 is 1.60 bits per heavy atom. The Balaban J connectivity index is 1.59. The maximum Gasteiger partial charge on any atom is 0.0900 e. The van der Waals surface area contributed by atoms with Crippen molar-refractivity contribution in [1.82, 2.24) is 9.88 Å². The van der Waals surface area contributed by atoms with Crippen molar-refractivity contribution in [3.63, 3.8) is 0 Å². The first-order valence-corrected chi connectivity index (χ1v) is 7.19. The molecule has 20 heavy (non-hydrogen) atoms. The van der Waals surface area contributed by atoms with Gasteiger partial charge in [0.25, 0.3) is 0 Å². The number of nitrogens with zero attached hydrogens (tertiary/aromatic N) is 2. The summed E-state index contributed by atoms with van der Waals surface area (Å²) in [5, 5.41) is 9.95. The number of likely N-dealkylation sites (N-methyl/N-ethyl adjacent to an activating group) is 1. The number of pyridine rings is 1. The van der Waals surface area contributed by atoms with Gasteiger partial charge in [-0.25, -0.2) is 0 Å². The molecule has 5 nitrogen and oxygen atoms in total. The highest BCUT2D eigenvalue weighted by Crippen LogP contribution is 2.12. The van der Waals surface area contributed by atoms with E-state index in [9.17, 15) is 5.11 Å². The molecule has 2 unspecified atom stereocenters. The molecule has 0 saturated carbocycles. The topological polar surface area (TPSA) is 54.8 Å². The van der Waals surface area contributed by atoms with Gasteiger partial charge in [-0.1, -0.05) is 6.07 Å². The fourth-order valence-corrected chi connectivity index (χ4v) is 2.39. The fraction of sp³-hybridized carbons (Fsp3) is 0.667. The van der Waals surface area contributed by atoms with Crippen LogP contribution in [0.3, 0.4) is 0 Å². The summed E-state index contributed by atoms with van der Waals surface area (Å²) >= 11 is 0. The second kappa shape index (κ2) is 8.32. The molecule has 1 N–H and O–H groups in total. The standard InChI is InChI=1S/C15H24N2O3/c1-17(9-13-4-2-6-16-8-13)10-14(18)11-19-12-15-5-3-7-20-15/h2,4,6,8,14-15,18H,3,5,7,9-12H2,1H3. The smallest absolute Gasteiger partial charge is 0.0900 e. The fourth-order valence-electron chi connectivity index (χ4n) is 2.39. The van der Waals surface area contributed by atoms with Crippen LogP contribution in [0.1, 0.15) is 18.4 Å². The van der Waals surface area contributed by atoms with E-state index < -0.39 is 6.10 Å². The Kier molecular flexibility index (Phi) is 6.39. The third kappa shape index (κ3) is 5.54. The Hall–Kier alpha value is -1.01. The summed E-state index contributed by atoms with van der Waals surface area (Å²) in [7, 11) is 1.98. The summed E-state index contributed by atoms with van der Waals surface area (Å²) < 4.78 is 11.0. The zero-order valence-corrected chi connectivity index (χ0v) is 12.1. The molecular weight excluding hydrogens is 256 g/mol. The molecule has 2 heterocycles. The first-order chi connectivity index (χ1) is 9.74. The van der Waals surface area contributed by atoms with Gasteiger partial charge in [-0.15, -0.1) is 0 Å². The second-order valence-corrected chi connectivity index (χ2v) is 5.38. The zero-order chi connectivity index (χ0) is 14.2. The zero-order valence-electron chi connectivity index (χ0n) is 12.1. The van der Waals surface area contributed by atoms with Gasteiger partial charge in [0, 0.05) is 32.1 Å². The number of hydrogen-bond donors (Lipinski definition) is 1. The van der Waals surface area contributed by atoms with Crippen LogP contribution in [0.4, 0.5) is 0 Å². The Bertz CT molecular complexity index is 369. The molecule has 1 aromatic heterocycles. The van der Waals surface area contributed by atoms with Crippen LogP contribution >= 0.6 is 0 Å². The molecule has 1 aliphatic heterocycles. The van der Waals surface area contributed by atoms with Gasteiger partial charge in [0.05, 0.1) is 25.4 Å². The molecule has 0 spiro atoms. The second-order valence-electron chi connectivity index (χ2n) is 5.38. The normalized spacial score (nSPS) is 20.4. The highest BCUT2D eigenvalue weighted by molar-refractivity contribution is 5.07. The van der Waals surface area contributed by atoms with E-state index in [1.807, 2.05) is 25.4 Å². The molecule has 0 radical (unpaired) electrons. The van der Waals surface area contributed by atoms with Crippen LogP contribution in [0.2, 0.25) is 0 Å². The van der Waals surface area contributed by atoms with Gasteiger partial charge in [-0.2, -0.15) is 0 Å². The number of rotatable bonds is 8. The predicted octanol–water partition coefficient (Wildman–Crippen LogP) is 1.07. The van der Waals surface area contributed by atoms with E-state index in [4.69, 9.17) is 9.47 Å². The lowest BCUT2D eigenvalue weighted by molar-refractivity contribution is -0.0238.